The van der Waals surface area contributed by atoms with Crippen LogP contribution in [0.2, 0.25) is 0 Å². The van der Waals surface area contributed by atoms with Crippen molar-refractivity contribution in [3.05, 3.63) is 0 Å². The maximum atomic E-state index is 11.0. The highest BCUT2D eigenvalue weighted by molar-refractivity contribution is 5.69. The number of ether oxygens (including phenoxy) is 2. The molecule has 0 aromatic heterocycles. The van der Waals surface area contributed by atoms with Crippen LogP contribution >= 0.6 is 0 Å². The lowest BCUT2D eigenvalue weighted by atomic mass is 10.3. The summed E-state index contributed by atoms with van der Waals surface area (Å²) in [6.45, 7) is 2.30. The number of hydrogen-bond acceptors (Lipinski definition) is 5. The van der Waals surface area contributed by atoms with Gasteiger partial charge < -0.3 is 14.6 Å². The number of aliphatic hydroxyl groups is 1. The maximum absolute atomic E-state index is 11.0. The Morgan fingerprint density at radius 1 is 1.44 bits per heavy atom. The monoisotopic (exact) mass is 233 g/mol. The summed E-state index contributed by atoms with van der Waals surface area (Å²) in [7, 11) is 1.27. The van der Waals surface area contributed by atoms with Gasteiger partial charge in [-0.2, -0.15) is 0 Å². The van der Waals surface area contributed by atoms with Gasteiger partial charge in [-0.3, -0.25) is 10.1 Å². The van der Waals surface area contributed by atoms with Crippen molar-refractivity contribution >= 4 is 12.1 Å². The lowest BCUT2D eigenvalue weighted by Crippen LogP contribution is -2.35. The van der Waals surface area contributed by atoms with Gasteiger partial charge in [-0.1, -0.05) is 13.3 Å². The Bertz CT molecular complexity index is 219. The lowest BCUT2D eigenvalue weighted by molar-refractivity contribution is -0.141. The Balaban J connectivity index is 3.57. The normalized spacial score (nSPS) is 11.7. The minimum absolute atomic E-state index is 0.0485. The SMILES string of the molecule is CCCCOC(=O)NC(O)CCC(=O)OC. The number of alkyl carbamates (subject to hydrolysis) is 1. The van der Waals surface area contributed by atoms with E-state index in [0.717, 1.165) is 12.8 Å². The third-order valence-electron chi connectivity index (χ3n) is 1.87. The van der Waals surface area contributed by atoms with E-state index in [1.54, 1.807) is 0 Å². The first-order valence-electron chi connectivity index (χ1n) is 5.28. The molecule has 0 aliphatic carbocycles. The summed E-state index contributed by atoms with van der Waals surface area (Å²) in [5, 5.41) is 11.5. The molecule has 0 heterocycles. The van der Waals surface area contributed by atoms with Gasteiger partial charge >= 0.3 is 12.1 Å². The van der Waals surface area contributed by atoms with Crippen LogP contribution in [0, 0.1) is 0 Å². The van der Waals surface area contributed by atoms with Crippen molar-refractivity contribution in [1.29, 1.82) is 0 Å². The Morgan fingerprint density at radius 3 is 2.69 bits per heavy atom. The fourth-order valence-electron chi connectivity index (χ4n) is 0.916. The number of methoxy groups -OCH3 is 1. The summed E-state index contributed by atoms with van der Waals surface area (Å²) < 4.78 is 9.15. The largest absolute Gasteiger partial charge is 0.469 e. The number of carbonyl (C=O) groups excluding carboxylic acids is 2. The molecule has 2 N–H and O–H groups in total. The molecule has 0 aliphatic heterocycles. The highest BCUT2D eigenvalue weighted by Gasteiger charge is 2.11. The van der Waals surface area contributed by atoms with Gasteiger partial charge in [0.25, 0.3) is 0 Å². The third-order valence-corrected chi connectivity index (χ3v) is 1.87. The molecule has 0 aromatic rings. The van der Waals surface area contributed by atoms with Crippen LogP contribution in [-0.4, -0.2) is 37.1 Å². The molecule has 6 nitrogen and oxygen atoms in total. The Labute approximate surface area is 94.9 Å². The minimum Gasteiger partial charge on any atom is -0.469 e. The van der Waals surface area contributed by atoms with Crippen LogP contribution in [0.3, 0.4) is 0 Å². The molecule has 6 heteroatoms. The predicted molar refractivity (Wildman–Crippen MR) is 56.6 cm³/mol. The summed E-state index contributed by atoms with van der Waals surface area (Å²) in [5.74, 6) is -0.430. The first-order valence-corrected chi connectivity index (χ1v) is 5.28. The molecule has 0 saturated carbocycles. The molecule has 1 unspecified atom stereocenters. The van der Waals surface area contributed by atoms with E-state index < -0.39 is 18.3 Å². The molecule has 16 heavy (non-hydrogen) atoms. The number of carbonyl (C=O) groups is 2. The number of rotatable bonds is 7. The molecule has 0 fully saturated rings. The zero-order valence-corrected chi connectivity index (χ0v) is 9.69. The summed E-state index contributed by atoms with van der Waals surface area (Å²) in [6, 6.07) is 0. The van der Waals surface area contributed by atoms with E-state index in [4.69, 9.17) is 4.74 Å². The Hall–Kier alpha value is -1.30. The number of nitrogens with one attached hydrogen (secondary N) is 1. The molecule has 0 rings (SSSR count). The first kappa shape index (κ1) is 14.7. The average molecular weight is 233 g/mol. The lowest BCUT2D eigenvalue weighted by Gasteiger charge is -2.12. The number of hydrogen-bond donors (Lipinski definition) is 2. The summed E-state index contributed by atoms with van der Waals surface area (Å²) in [4.78, 5) is 21.8. The standard InChI is InChI=1S/C10H19NO5/c1-3-4-7-16-10(14)11-8(12)5-6-9(13)15-2/h8,12H,3-7H2,1-2H3,(H,11,14). The van der Waals surface area contributed by atoms with Crippen LogP contribution in [0.25, 0.3) is 0 Å². The molecule has 0 saturated heterocycles. The minimum atomic E-state index is -1.09. The van der Waals surface area contributed by atoms with E-state index in [1.807, 2.05) is 6.92 Å². The van der Waals surface area contributed by atoms with Gasteiger partial charge in [-0.15, -0.1) is 0 Å². The first-order chi connectivity index (χ1) is 7.60. The second kappa shape index (κ2) is 8.96. The summed E-state index contributed by atoms with van der Waals surface area (Å²) in [5.41, 5.74) is 0. The van der Waals surface area contributed by atoms with Crippen LogP contribution in [0.1, 0.15) is 32.6 Å². The van der Waals surface area contributed by atoms with Crippen molar-refractivity contribution in [3.8, 4) is 0 Å². The topological polar surface area (TPSA) is 84.9 Å². The molecule has 0 radical (unpaired) electrons. The van der Waals surface area contributed by atoms with Gasteiger partial charge in [0, 0.05) is 12.8 Å². The van der Waals surface area contributed by atoms with Crippen molar-refractivity contribution in [2.24, 2.45) is 0 Å². The molecule has 0 bridgehead atoms. The van der Waals surface area contributed by atoms with Gasteiger partial charge in [-0.25, -0.2) is 4.79 Å². The van der Waals surface area contributed by atoms with Gasteiger partial charge in [0.15, 0.2) is 0 Å². The molecule has 94 valence electrons. The molecule has 0 spiro atoms. The summed E-state index contributed by atoms with van der Waals surface area (Å²) >= 11 is 0. The number of esters is 1. The molecule has 1 amide bonds. The van der Waals surface area contributed by atoms with E-state index in [9.17, 15) is 14.7 Å². The Morgan fingerprint density at radius 2 is 2.12 bits per heavy atom. The third kappa shape index (κ3) is 8.05. The van der Waals surface area contributed by atoms with E-state index >= 15 is 0 Å². The molecule has 0 aliphatic rings. The second-order valence-electron chi connectivity index (χ2n) is 3.26. The van der Waals surface area contributed by atoms with E-state index in [1.165, 1.54) is 7.11 Å². The fraction of sp³-hybridized carbons (Fsp3) is 0.800. The van der Waals surface area contributed by atoms with E-state index in [2.05, 4.69) is 10.1 Å². The Kier molecular flexibility index (Phi) is 8.24. The van der Waals surface area contributed by atoms with Crippen LogP contribution in [0.5, 0.6) is 0 Å². The zero-order valence-electron chi connectivity index (χ0n) is 9.69. The van der Waals surface area contributed by atoms with E-state index in [-0.39, 0.29) is 12.8 Å². The molecular weight excluding hydrogens is 214 g/mol. The smallest absolute Gasteiger partial charge is 0.409 e. The van der Waals surface area contributed by atoms with Gasteiger partial charge in [-0.05, 0) is 6.42 Å². The highest BCUT2D eigenvalue weighted by Crippen LogP contribution is 1.97. The second-order valence-corrected chi connectivity index (χ2v) is 3.26. The van der Waals surface area contributed by atoms with Crippen LogP contribution in [0.4, 0.5) is 4.79 Å². The quantitative estimate of drug-likeness (QED) is 0.385. The number of amides is 1. The average Bonchev–Trinajstić information content (AvgIpc) is 2.26. The molecule has 1 atom stereocenters. The van der Waals surface area contributed by atoms with Crippen molar-refractivity contribution in [1.82, 2.24) is 5.32 Å². The fourth-order valence-corrected chi connectivity index (χ4v) is 0.916. The van der Waals surface area contributed by atoms with Crippen molar-refractivity contribution in [2.45, 2.75) is 38.8 Å². The van der Waals surface area contributed by atoms with Gasteiger partial charge in [0.1, 0.15) is 6.23 Å². The number of unbranched alkanes of at least 4 members (excludes halogenated alkanes) is 1. The zero-order chi connectivity index (χ0) is 12.4. The van der Waals surface area contributed by atoms with Crippen molar-refractivity contribution in [2.75, 3.05) is 13.7 Å². The predicted octanol–water partition coefficient (Wildman–Crippen LogP) is 0.784. The molecule has 0 aromatic carbocycles. The van der Waals surface area contributed by atoms with Crippen LogP contribution in [0.15, 0.2) is 0 Å². The van der Waals surface area contributed by atoms with Crippen molar-refractivity contribution < 1.29 is 24.2 Å². The van der Waals surface area contributed by atoms with Crippen LogP contribution < -0.4 is 5.32 Å². The highest BCUT2D eigenvalue weighted by atomic mass is 16.6. The summed E-state index contributed by atoms with van der Waals surface area (Å²) in [6.07, 6.45) is 0.103. The number of aliphatic hydroxyl groups excluding tert-OH is 1. The van der Waals surface area contributed by atoms with Gasteiger partial charge in [0.2, 0.25) is 0 Å². The van der Waals surface area contributed by atoms with E-state index in [0.29, 0.717) is 6.61 Å². The van der Waals surface area contributed by atoms with Gasteiger partial charge in [0.05, 0.1) is 13.7 Å². The molecular formula is C10H19NO5. The van der Waals surface area contributed by atoms with Crippen molar-refractivity contribution in [3.63, 3.8) is 0 Å². The van der Waals surface area contributed by atoms with Crippen LogP contribution in [-0.2, 0) is 14.3 Å². The maximum Gasteiger partial charge on any atom is 0.409 e.